The van der Waals surface area contributed by atoms with Crippen LogP contribution in [-0.2, 0) is 6.61 Å². The molecule has 5 nitrogen and oxygen atoms in total. The zero-order valence-electron chi connectivity index (χ0n) is 15.6. The van der Waals surface area contributed by atoms with E-state index < -0.39 is 0 Å². The summed E-state index contributed by atoms with van der Waals surface area (Å²) in [4.78, 5) is 12.4. The number of nitrogens with one attached hydrogen (secondary N) is 2. The second-order valence-electron chi connectivity index (χ2n) is 6.51. The molecule has 142 valence electrons. The topological polar surface area (TPSA) is 59.6 Å². The van der Waals surface area contributed by atoms with Crippen LogP contribution in [0.3, 0.4) is 0 Å². The maximum absolute atomic E-state index is 12.4. The molecule has 0 saturated carbocycles. The lowest BCUT2D eigenvalue weighted by molar-refractivity contribution is 0.0935. The van der Waals surface area contributed by atoms with Crippen molar-refractivity contribution in [3.63, 3.8) is 0 Å². The van der Waals surface area contributed by atoms with Crippen molar-refractivity contribution in [2.75, 3.05) is 11.9 Å². The van der Waals surface area contributed by atoms with Gasteiger partial charge in [-0.2, -0.15) is 0 Å². The van der Waals surface area contributed by atoms with Crippen LogP contribution in [0.2, 0.25) is 0 Å². The molecule has 0 unspecified atom stereocenters. The van der Waals surface area contributed by atoms with Crippen molar-refractivity contribution in [2.45, 2.75) is 19.7 Å². The van der Waals surface area contributed by atoms with Crippen LogP contribution in [0.15, 0.2) is 72.8 Å². The molecule has 1 heterocycles. The zero-order valence-corrected chi connectivity index (χ0v) is 15.6. The smallest absolute Gasteiger partial charge is 0.255 e. The summed E-state index contributed by atoms with van der Waals surface area (Å²) in [7, 11) is 0. The van der Waals surface area contributed by atoms with Gasteiger partial charge in [-0.3, -0.25) is 4.79 Å². The molecule has 5 heteroatoms. The fourth-order valence-electron chi connectivity index (χ4n) is 3.20. The Bertz CT molecular complexity index is 973. The third-order valence-corrected chi connectivity index (χ3v) is 4.59. The number of para-hydroxylation sites is 1. The highest BCUT2D eigenvalue weighted by molar-refractivity contribution is 6.01. The van der Waals surface area contributed by atoms with E-state index in [1.807, 2.05) is 73.7 Å². The van der Waals surface area contributed by atoms with Crippen LogP contribution in [0.25, 0.3) is 0 Å². The van der Waals surface area contributed by atoms with Crippen LogP contribution in [-0.4, -0.2) is 12.5 Å². The molecule has 0 bridgehead atoms. The van der Waals surface area contributed by atoms with E-state index in [4.69, 9.17) is 9.47 Å². The largest absolute Gasteiger partial charge is 0.490 e. The van der Waals surface area contributed by atoms with Crippen molar-refractivity contribution >= 4 is 11.6 Å². The Labute approximate surface area is 164 Å². The first-order valence-corrected chi connectivity index (χ1v) is 9.34. The van der Waals surface area contributed by atoms with E-state index >= 15 is 0 Å². The van der Waals surface area contributed by atoms with Gasteiger partial charge in [0, 0.05) is 5.69 Å². The summed E-state index contributed by atoms with van der Waals surface area (Å²) in [6, 6.07) is 23.2. The second kappa shape index (κ2) is 8.05. The number of hydrogen-bond donors (Lipinski definition) is 2. The molecule has 28 heavy (non-hydrogen) atoms. The highest BCUT2D eigenvalue weighted by Crippen LogP contribution is 2.33. The van der Waals surface area contributed by atoms with E-state index in [0.717, 1.165) is 16.8 Å². The zero-order chi connectivity index (χ0) is 19.3. The molecule has 1 aliphatic heterocycles. The van der Waals surface area contributed by atoms with E-state index in [1.54, 1.807) is 6.07 Å². The molecule has 0 saturated heterocycles. The lowest BCUT2D eigenvalue weighted by atomic mass is 10.1. The molecular weight excluding hydrogens is 352 g/mol. The Morgan fingerprint density at radius 3 is 2.46 bits per heavy atom. The number of carbonyl (C=O) groups excluding carboxylic acids is 1. The minimum atomic E-state index is -0.329. The molecule has 3 aromatic carbocycles. The number of benzene rings is 3. The average Bonchev–Trinajstić information content (AvgIpc) is 2.74. The average molecular weight is 374 g/mol. The lowest BCUT2D eigenvalue weighted by Gasteiger charge is -2.28. The SMILES string of the molecule is CCOc1cc([C@H]2NC(=O)c3ccccc3N2)ccc1OCc1ccccc1. The van der Waals surface area contributed by atoms with Crippen LogP contribution in [0.5, 0.6) is 11.5 Å². The van der Waals surface area contributed by atoms with E-state index in [1.165, 1.54) is 0 Å². The van der Waals surface area contributed by atoms with Crippen molar-refractivity contribution < 1.29 is 14.3 Å². The number of carbonyl (C=O) groups is 1. The Balaban J connectivity index is 1.56. The maximum Gasteiger partial charge on any atom is 0.255 e. The van der Waals surface area contributed by atoms with Gasteiger partial charge in [-0.25, -0.2) is 0 Å². The summed E-state index contributed by atoms with van der Waals surface area (Å²) in [5, 5.41) is 6.35. The van der Waals surface area contributed by atoms with Gasteiger partial charge in [-0.15, -0.1) is 0 Å². The Morgan fingerprint density at radius 1 is 0.857 bits per heavy atom. The van der Waals surface area contributed by atoms with Crippen molar-refractivity contribution in [1.29, 1.82) is 0 Å². The fourth-order valence-corrected chi connectivity index (χ4v) is 3.20. The molecule has 1 atom stereocenters. The van der Waals surface area contributed by atoms with Crippen LogP contribution in [0.1, 0.15) is 34.6 Å². The molecule has 1 amide bonds. The molecule has 4 rings (SSSR count). The minimum absolute atomic E-state index is 0.0956. The molecular formula is C23H22N2O3. The third kappa shape index (κ3) is 3.78. The summed E-state index contributed by atoms with van der Waals surface area (Å²) in [5.74, 6) is 1.24. The molecule has 0 aliphatic carbocycles. The summed E-state index contributed by atoms with van der Waals surface area (Å²) < 4.78 is 11.8. The van der Waals surface area contributed by atoms with Crippen molar-refractivity contribution in [3.8, 4) is 11.5 Å². The molecule has 2 N–H and O–H groups in total. The standard InChI is InChI=1S/C23H22N2O3/c1-2-27-21-14-17(12-13-20(21)28-15-16-8-4-3-5-9-16)22-24-19-11-7-6-10-18(19)23(26)25-22/h3-14,22,24H,2,15H2,1H3,(H,25,26)/t22-/m1/s1. The van der Waals surface area contributed by atoms with Gasteiger partial charge in [-0.1, -0.05) is 48.5 Å². The number of anilines is 1. The van der Waals surface area contributed by atoms with Crippen LogP contribution < -0.4 is 20.1 Å². The van der Waals surface area contributed by atoms with Crippen molar-refractivity contribution in [2.24, 2.45) is 0 Å². The summed E-state index contributed by atoms with van der Waals surface area (Å²) in [6.07, 6.45) is -0.329. The monoisotopic (exact) mass is 374 g/mol. The predicted molar refractivity (Wildman–Crippen MR) is 109 cm³/mol. The van der Waals surface area contributed by atoms with Gasteiger partial charge in [0.25, 0.3) is 5.91 Å². The number of hydrogen-bond acceptors (Lipinski definition) is 4. The molecule has 0 fully saturated rings. The first kappa shape index (κ1) is 17.9. The van der Waals surface area contributed by atoms with E-state index in [0.29, 0.717) is 30.3 Å². The Hall–Kier alpha value is -3.47. The van der Waals surface area contributed by atoms with Crippen molar-refractivity contribution in [1.82, 2.24) is 5.32 Å². The molecule has 1 aliphatic rings. The predicted octanol–water partition coefficient (Wildman–Crippen LogP) is 4.52. The summed E-state index contributed by atoms with van der Waals surface area (Å²) in [5.41, 5.74) is 3.45. The van der Waals surface area contributed by atoms with Gasteiger partial charge in [0.2, 0.25) is 0 Å². The number of fused-ring (bicyclic) bond motifs is 1. The van der Waals surface area contributed by atoms with E-state index in [-0.39, 0.29) is 12.1 Å². The van der Waals surface area contributed by atoms with Crippen LogP contribution in [0.4, 0.5) is 5.69 Å². The van der Waals surface area contributed by atoms with Gasteiger partial charge in [0.15, 0.2) is 11.5 Å². The van der Waals surface area contributed by atoms with Gasteiger partial charge in [0.05, 0.1) is 12.2 Å². The molecule has 0 spiro atoms. The van der Waals surface area contributed by atoms with Crippen molar-refractivity contribution in [3.05, 3.63) is 89.5 Å². The summed E-state index contributed by atoms with van der Waals surface area (Å²) in [6.45, 7) is 2.93. The van der Waals surface area contributed by atoms with Crippen LogP contribution in [0, 0.1) is 0 Å². The lowest BCUT2D eigenvalue weighted by Crippen LogP contribution is -2.38. The molecule has 3 aromatic rings. The highest BCUT2D eigenvalue weighted by Gasteiger charge is 2.25. The third-order valence-electron chi connectivity index (χ3n) is 4.59. The highest BCUT2D eigenvalue weighted by atomic mass is 16.5. The van der Waals surface area contributed by atoms with Gasteiger partial charge in [-0.05, 0) is 42.3 Å². The van der Waals surface area contributed by atoms with Gasteiger partial charge < -0.3 is 20.1 Å². The normalized spacial score (nSPS) is 15.2. The van der Waals surface area contributed by atoms with E-state index in [2.05, 4.69) is 10.6 Å². The minimum Gasteiger partial charge on any atom is -0.490 e. The van der Waals surface area contributed by atoms with Gasteiger partial charge in [0.1, 0.15) is 12.8 Å². The van der Waals surface area contributed by atoms with Gasteiger partial charge >= 0.3 is 0 Å². The molecule has 0 aromatic heterocycles. The second-order valence-corrected chi connectivity index (χ2v) is 6.51. The number of rotatable bonds is 6. The fraction of sp³-hybridized carbons (Fsp3) is 0.174. The maximum atomic E-state index is 12.4. The number of ether oxygens (including phenoxy) is 2. The first-order chi connectivity index (χ1) is 13.7. The van der Waals surface area contributed by atoms with E-state index in [9.17, 15) is 4.79 Å². The number of amides is 1. The summed E-state index contributed by atoms with van der Waals surface area (Å²) >= 11 is 0. The van der Waals surface area contributed by atoms with Crippen LogP contribution >= 0.6 is 0 Å². The Morgan fingerprint density at radius 2 is 1.64 bits per heavy atom. The Kier molecular flexibility index (Phi) is 5.15. The molecule has 0 radical (unpaired) electrons. The first-order valence-electron chi connectivity index (χ1n) is 9.34. The quantitative estimate of drug-likeness (QED) is 0.666.